The van der Waals surface area contributed by atoms with Gasteiger partial charge in [0, 0.05) is 13.2 Å². The number of aliphatic hydroxyl groups excluding tert-OH is 1. The van der Waals surface area contributed by atoms with Crippen molar-refractivity contribution in [3.8, 4) is 0 Å². The summed E-state index contributed by atoms with van der Waals surface area (Å²) < 4.78 is 17.2. The lowest BCUT2D eigenvalue weighted by molar-refractivity contribution is -0.153. The summed E-state index contributed by atoms with van der Waals surface area (Å²) in [7, 11) is 0. The van der Waals surface area contributed by atoms with Gasteiger partial charge in [0.25, 0.3) is 0 Å². The zero-order chi connectivity index (χ0) is 20.1. The summed E-state index contributed by atoms with van der Waals surface area (Å²) in [5, 5.41) is 9.26. The van der Waals surface area contributed by atoms with Crippen molar-refractivity contribution < 1.29 is 24.1 Å². The molecular weight excluding hydrogens is 356 g/mol. The largest absolute Gasteiger partial charge is 0.460 e. The summed E-state index contributed by atoms with van der Waals surface area (Å²) in [6.07, 6.45) is 11.3. The molecule has 0 bridgehead atoms. The van der Waals surface area contributed by atoms with E-state index in [9.17, 15) is 9.90 Å². The van der Waals surface area contributed by atoms with E-state index < -0.39 is 5.60 Å². The van der Waals surface area contributed by atoms with Gasteiger partial charge in [-0.25, -0.2) is 0 Å². The molecule has 0 amide bonds. The zero-order valence-corrected chi connectivity index (χ0v) is 17.8. The van der Waals surface area contributed by atoms with E-state index in [-0.39, 0.29) is 18.2 Å². The van der Waals surface area contributed by atoms with E-state index in [2.05, 4.69) is 6.08 Å². The molecule has 1 N–H and O–H groups in total. The molecule has 0 saturated heterocycles. The van der Waals surface area contributed by atoms with E-state index in [1.807, 2.05) is 20.8 Å². The number of carbonyl (C=O) groups is 1. The maximum absolute atomic E-state index is 11.9. The fourth-order valence-electron chi connectivity index (χ4n) is 4.41. The molecule has 5 heteroatoms. The minimum Gasteiger partial charge on any atom is -0.460 e. The van der Waals surface area contributed by atoms with Gasteiger partial charge < -0.3 is 19.3 Å². The third kappa shape index (κ3) is 7.16. The number of aliphatic hydroxyl groups is 1. The van der Waals surface area contributed by atoms with Crippen LogP contribution in [0.2, 0.25) is 0 Å². The molecule has 0 aromatic carbocycles. The molecule has 0 spiro atoms. The maximum Gasteiger partial charge on any atom is 0.310 e. The molecule has 2 saturated carbocycles. The van der Waals surface area contributed by atoms with Crippen LogP contribution in [0.3, 0.4) is 0 Å². The highest BCUT2D eigenvalue weighted by Crippen LogP contribution is 2.39. The molecule has 0 aromatic rings. The molecular formula is C23H38O5. The van der Waals surface area contributed by atoms with Gasteiger partial charge in [-0.05, 0) is 84.0 Å². The second-order valence-corrected chi connectivity index (χ2v) is 9.96. The van der Waals surface area contributed by atoms with Crippen LogP contribution < -0.4 is 0 Å². The molecule has 0 aliphatic heterocycles. The lowest BCUT2D eigenvalue weighted by Gasteiger charge is -2.37. The molecule has 3 aliphatic rings. The number of hydrogen-bond donors (Lipinski definition) is 1. The van der Waals surface area contributed by atoms with Gasteiger partial charge in [-0.15, -0.1) is 0 Å². The van der Waals surface area contributed by atoms with Gasteiger partial charge in [0.1, 0.15) is 5.60 Å². The zero-order valence-electron chi connectivity index (χ0n) is 17.8. The summed E-state index contributed by atoms with van der Waals surface area (Å²) >= 11 is 0. The maximum atomic E-state index is 11.9. The summed E-state index contributed by atoms with van der Waals surface area (Å²) in [6.45, 7) is 7.37. The third-order valence-electron chi connectivity index (χ3n) is 6.11. The number of ether oxygens (including phenoxy) is 3. The third-order valence-corrected chi connectivity index (χ3v) is 6.11. The Morgan fingerprint density at radius 3 is 2.21 bits per heavy atom. The summed E-state index contributed by atoms with van der Waals surface area (Å²) in [4.78, 5) is 11.9. The second-order valence-electron chi connectivity index (χ2n) is 9.96. The SMILES string of the molecule is CC(C)(C)OC(=O)CC1=CCC(OCCC2CC(CCO[C@H]3C[C@@H](O)C3)C2)C1. The van der Waals surface area contributed by atoms with Gasteiger partial charge in [0.15, 0.2) is 0 Å². The van der Waals surface area contributed by atoms with Gasteiger partial charge in [-0.2, -0.15) is 0 Å². The molecule has 3 rings (SSSR count). The van der Waals surface area contributed by atoms with Crippen LogP contribution in [0, 0.1) is 11.8 Å². The Kier molecular flexibility index (Phi) is 7.57. The minimum absolute atomic E-state index is 0.124. The van der Waals surface area contributed by atoms with Crippen LogP contribution in [0.4, 0.5) is 0 Å². The molecule has 2 fully saturated rings. The van der Waals surface area contributed by atoms with Crippen molar-refractivity contribution >= 4 is 5.97 Å². The molecule has 5 nitrogen and oxygen atoms in total. The van der Waals surface area contributed by atoms with Crippen molar-refractivity contribution in [2.45, 2.75) is 102 Å². The average Bonchev–Trinajstić information content (AvgIpc) is 2.95. The Morgan fingerprint density at radius 1 is 1.04 bits per heavy atom. The topological polar surface area (TPSA) is 65.0 Å². The Balaban J connectivity index is 1.17. The Morgan fingerprint density at radius 2 is 1.64 bits per heavy atom. The van der Waals surface area contributed by atoms with Gasteiger partial charge >= 0.3 is 5.97 Å². The fraction of sp³-hybridized carbons (Fsp3) is 0.870. The second kappa shape index (κ2) is 9.73. The van der Waals surface area contributed by atoms with Crippen LogP contribution in [0.15, 0.2) is 11.6 Å². The first kappa shape index (κ1) is 21.8. The van der Waals surface area contributed by atoms with Gasteiger partial charge in [0.2, 0.25) is 0 Å². The van der Waals surface area contributed by atoms with Crippen LogP contribution in [0.1, 0.15) is 78.6 Å². The number of esters is 1. The van der Waals surface area contributed by atoms with Crippen molar-refractivity contribution in [3.63, 3.8) is 0 Å². The molecule has 0 aromatic heterocycles. The van der Waals surface area contributed by atoms with E-state index >= 15 is 0 Å². The molecule has 28 heavy (non-hydrogen) atoms. The van der Waals surface area contributed by atoms with E-state index in [1.54, 1.807) is 0 Å². The summed E-state index contributed by atoms with van der Waals surface area (Å²) in [6, 6.07) is 0. The van der Waals surface area contributed by atoms with Crippen molar-refractivity contribution in [2.24, 2.45) is 11.8 Å². The lowest BCUT2D eigenvalue weighted by Crippen LogP contribution is -2.36. The quantitative estimate of drug-likeness (QED) is 0.445. The molecule has 0 heterocycles. The molecule has 1 unspecified atom stereocenters. The molecule has 3 aliphatic carbocycles. The molecule has 160 valence electrons. The van der Waals surface area contributed by atoms with Crippen molar-refractivity contribution in [1.82, 2.24) is 0 Å². The first-order valence-corrected chi connectivity index (χ1v) is 11.1. The normalized spacial score (nSPS) is 32.4. The number of hydrogen-bond acceptors (Lipinski definition) is 5. The molecule has 1 atom stereocenters. The highest BCUT2D eigenvalue weighted by Gasteiger charge is 2.31. The van der Waals surface area contributed by atoms with Gasteiger partial charge in [0.05, 0.1) is 24.7 Å². The predicted octanol–water partition coefficient (Wildman–Crippen LogP) is 4.17. The number of rotatable bonds is 10. The van der Waals surface area contributed by atoms with E-state index in [0.29, 0.717) is 12.5 Å². The summed E-state index contributed by atoms with van der Waals surface area (Å²) in [5.74, 6) is 1.46. The average molecular weight is 395 g/mol. The van der Waals surface area contributed by atoms with E-state index in [0.717, 1.165) is 69.1 Å². The van der Waals surface area contributed by atoms with Crippen LogP contribution >= 0.6 is 0 Å². The van der Waals surface area contributed by atoms with Crippen molar-refractivity contribution in [3.05, 3.63) is 11.6 Å². The molecule has 0 radical (unpaired) electrons. The van der Waals surface area contributed by atoms with E-state index in [1.165, 1.54) is 12.8 Å². The Bertz CT molecular complexity index is 538. The lowest BCUT2D eigenvalue weighted by atomic mass is 9.72. The number of carbonyl (C=O) groups excluding carboxylic acids is 1. The predicted molar refractivity (Wildman–Crippen MR) is 108 cm³/mol. The van der Waals surface area contributed by atoms with Gasteiger partial charge in [-0.3, -0.25) is 4.79 Å². The first-order chi connectivity index (χ1) is 13.3. The van der Waals surface area contributed by atoms with Crippen LogP contribution in [-0.4, -0.2) is 48.2 Å². The highest BCUT2D eigenvalue weighted by molar-refractivity contribution is 5.73. The van der Waals surface area contributed by atoms with Crippen LogP contribution in [0.5, 0.6) is 0 Å². The van der Waals surface area contributed by atoms with Crippen LogP contribution in [0.25, 0.3) is 0 Å². The smallest absolute Gasteiger partial charge is 0.310 e. The van der Waals surface area contributed by atoms with Gasteiger partial charge in [-0.1, -0.05) is 11.6 Å². The Labute approximate surface area is 169 Å². The Hall–Kier alpha value is -0.910. The highest BCUT2D eigenvalue weighted by atomic mass is 16.6. The standard InChI is InChI=1S/C23H38O5/c1-23(2,3)28-22(25)13-16-4-5-20(12-16)26-8-6-17-10-18(11-17)7-9-27-21-14-19(24)15-21/h4,17-21,24H,5-15H2,1-3H3/t17?,18?,19-,20?,21+. The fourth-order valence-corrected chi connectivity index (χ4v) is 4.41. The first-order valence-electron chi connectivity index (χ1n) is 11.1. The minimum atomic E-state index is -0.418. The summed E-state index contributed by atoms with van der Waals surface area (Å²) in [5.41, 5.74) is 0.737. The van der Waals surface area contributed by atoms with Crippen molar-refractivity contribution in [2.75, 3.05) is 13.2 Å². The van der Waals surface area contributed by atoms with Crippen LogP contribution in [-0.2, 0) is 19.0 Å². The van der Waals surface area contributed by atoms with E-state index in [4.69, 9.17) is 14.2 Å². The van der Waals surface area contributed by atoms with Crippen molar-refractivity contribution in [1.29, 1.82) is 0 Å². The monoisotopic (exact) mass is 394 g/mol.